The van der Waals surface area contributed by atoms with Crippen molar-refractivity contribution in [3.05, 3.63) is 51.4 Å². The summed E-state index contributed by atoms with van der Waals surface area (Å²) in [5, 5.41) is 12.2. The second-order valence-corrected chi connectivity index (χ2v) is 4.14. The lowest BCUT2D eigenvalue weighted by Crippen LogP contribution is -1.98. The molecule has 2 heterocycles. The van der Waals surface area contributed by atoms with Crippen LogP contribution < -0.4 is 0 Å². The fourth-order valence-electron chi connectivity index (χ4n) is 1.20. The van der Waals surface area contributed by atoms with E-state index in [0.717, 1.165) is 4.88 Å². The molecule has 2 nitrogen and oxygen atoms in total. The molecule has 1 atom stereocenters. The van der Waals surface area contributed by atoms with Crippen LogP contribution in [0.2, 0.25) is 5.15 Å². The number of aliphatic hydroxyl groups excluding tert-OH is 1. The Hall–Kier alpha value is -0.900. The average Bonchev–Trinajstić information content (AvgIpc) is 2.70. The lowest BCUT2D eigenvalue weighted by atomic mass is 10.1. The molecule has 4 heteroatoms. The minimum absolute atomic E-state index is 0.355. The summed E-state index contributed by atoms with van der Waals surface area (Å²) in [4.78, 5) is 4.80. The fraction of sp³-hybridized carbons (Fsp3) is 0.100. The predicted octanol–water partition coefficient (Wildman–Crippen LogP) is 2.88. The molecule has 0 saturated carbocycles. The van der Waals surface area contributed by atoms with E-state index >= 15 is 0 Å². The number of pyridine rings is 1. The van der Waals surface area contributed by atoms with Crippen LogP contribution in [0.4, 0.5) is 0 Å². The Morgan fingerprint density at radius 2 is 2.21 bits per heavy atom. The number of aliphatic hydroxyl groups is 1. The van der Waals surface area contributed by atoms with Gasteiger partial charge in [0.05, 0.1) is 0 Å². The van der Waals surface area contributed by atoms with Crippen molar-refractivity contribution in [2.45, 2.75) is 6.10 Å². The van der Waals surface area contributed by atoms with Gasteiger partial charge in [-0.15, -0.1) is 11.3 Å². The SMILES string of the molecule is OC(c1cccs1)c1cccnc1Cl. The first-order valence-corrected chi connectivity index (χ1v) is 5.36. The first-order valence-electron chi connectivity index (χ1n) is 4.11. The molecule has 1 N–H and O–H groups in total. The van der Waals surface area contributed by atoms with Crippen molar-refractivity contribution < 1.29 is 5.11 Å². The number of halogens is 1. The van der Waals surface area contributed by atoms with Gasteiger partial charge in [-0.1, -0.05) is 23.7 Å². The van der Waals surface area contributed by atoms with Crippen LogP contribution in [0.3, 0.4) is 0 Å². The van der Waals surface area contributed by atoms with Gasteiger partial charge in [-0.2, -0.15) is 0 Å². The summed E-state index contributed by atoms with van der Waals surface area (Å²) >= 11 is 7.37. The quantitative estimate of drug-likeness (QED) is 0.798. The highest BCUT2D eigenvalue weighted by Gasteiger charge is 2.14. The van der Waals surface area contributed by atoms with E-state index in [0.29, 0.717) is 10.7 Å². The first-order chi connectivity index (χ1) is 6.79. The van der Waals surface area contributed by atoms with E-state index in [-0.39, 0.29) is 0 Å². The maximum atomic E-state index is 9.95. The van der Waals surface area contributed by atoms with Gasteiger partial charge >= 0.3 is 0 Å². The van der Waals surface area contributed by atoms with Gasteiger partial charge in [0.2, 0.25) is 0 Å². The molecular formula is C10H8ClNOS. The predicted molar refractivity (Wildman–Crippen MR) is 57.6 cm³/mol. The number of rotatable bonds is 2. The Morgan fingerprint density at radius 3 is 2.86 bits per heavy atom. The number of hydrogen-bond acceptors (Lipinski definition) is 3. The van der Waals surface area contributed by atoms with Gasteiger partial charge in [0.25, 0.3) is 0 Å². The standard InChI is InChI=1S/C10H8ClNOS/c11-10-7(3-1-5-12-10)9(13)8-4-2-6-14-8/h1-6,9,13H. The summed E-state index contributed by atoms with van der Waals surface area (Å²) in [7, 11) is 0. The van der Waals surface area contributed by atoms with Gasteiger partial charge in [0, 0.05) is 16.6 Å². The highest BCUT2D eigenvalue weighted by Crippen LogP contribution is 2.28. The van der Waals surface area contributed by atoms with Crippen molar-refractivity contribution in [3.63, 3.8) is 0 Å². The molecule has 14 heavy (non-hydrogen) atoms. The van der Waals surface area contributed by atoms with E-state index in [9.17, 15) is 5.11 Å². The number of nitrogens with zero attached hydrogens (tertiary/aromatic N) is 1. The van der Waals surface area contributed by atoms with E-state index in [1.807, 2.05) is 17.5 Å². The zero-order chi connectivity index (χ0) is 9.97. The summed E-state index contributed by atoms with van der Waals surface area (Å²) in [5.74, 6) is 0. The third-order valence-corrected chi connectivity index (χ3v) is 3.14. The summed E-state index contributed by atoms with van der Waals surface area (Å²) in [6.45, 7) is 0. The summed E-state index contributed by atoms with van der Waals surface area (Å²) < 4.78 is 0. The van der Waals surface area contributed by atoms with Gasteiger partial charge in [0.15, 0.2) is 0 Å². The molecular weight excluding hydrogens is 218 g/mol. The van der Waals surface area contributed by atoms with E-state index in [1.165, 1.54) is 11.3 Å². The molecule has 0 spiro atoms. The largest absolute Gasteiger partial charge is 0.383 e. The highest BCUT2D eigenvalue weighted by molar-refractivity contribution is 7.10. The Bertz CT molecular complexity index is 416. The van der Waals surface area contributed by atoms with Crippen molar-refractivity contribution in [3.8, 4) is 0 Å². The van der Waals surface area contributed by atoms with Crippen molar-refractivity contribution >= 4 is 22.9 Å². The second-order valence-electron chi connectivity index (χ2n) is 2.80. The van der Waals surface area contributed by atoms with Crippen LogP contribution in [-0.2, 0) is 0 Å². The van der Waals surface area contributed by atoms with Crippen LogP contribution in [0.1, 0.15) is 16.5 Å². The van der Waals surface area contributed by atoms with E-state index in [1.54, 1.807) is 18.3 Å². The minimum Gasteiger partial charge on any atom is -0.383 e. The molecule has 72 valence electrons. The Kier molecular flexibility index (Phi) is 2.82. The average molecular weight is 226 g/mol. The van der Waals surface area contributed by atoms with Gasteiger partial charge < -0.3 is 5.11 Å². The zero-order valence-corrected chi connectivity index (χ0v) is 8.79. The van der Waals surface area contributed by atoms with E-state index in [4.69, 9.17) is 11.6 Å². The third-order valence-electron chi connectivity index (χ3n) is 1.90. The Balaban J connectivity index is 2.37. The van der Waals surface area contributed by atoms with Crippen LogP contribution in [-0.4, -0.2) is 10.1 Å². The molecule has 0 fully saturated rings. The molecule has 0 saturated heterocycles. The van der Waals surface area contributed by atoms with Gasteiger partial charge in [-0.25, -0.2) is 4.98 Å². The summed E-state index contributed by atoms with van der Waals surface area (Å²) in [5.41, 5.74) is 0.650. The maximum absolute atomic E-state index is 9.95. The molecule has 0 aliphatic heterocycles. The zero-order valence-electron chi connectivity index (χ0n) is 7.22. The lowest BCUT2D eigenvalue weighted by molar-refractivity contribution is 0.224. The summed E-state index contributed by atoms with van der Waals surface area (Å²) in [6, 6.07) is 7.31. The van der Waals surface area contributed by atoms with Crippen LogP contribution in [0, 0.1) is 0 Å². The normalized spacial score (nSPS) is 12.7. The van der Waals surface area contributed by atoms with E-state index in [2.05, 4.69) is 4.98 Å². The number of thiophene rings is 1. The smallest absolute Gasteiger partial charge is 0.135 e. The van der Waals surface area contributed by atoms with Gasteiger partial charge in [-0.05, 0) is 17.5 Å². The molecule has 0 aliphatic carbocycles. The molecule has 1 unspecified atom stereocenters. The molecule has 2 rings (SSSR count). The molecule has 0 aliphatic rings. The molecule has 0 aromatic carbocycles. The third kappa shape index (κ3) is 1.80. The first kappa shape index (κ1) is 9.65. The van der Waals surface area contributed by atoms with Crippen LogP contribution in [0.15, 0.2) is 35.8 Å². The maximum Gasteiger partial charge on any atom is 0.135 e. The lowest BCUT2D eigenvalue weighted by Gasteiger charge is -2.09. The topological polar surface area (TPSA) is 33.1 Å². The second kappa shape index (κ2) is 4.09. The monoisotopic (exact) mass is 225 g/mol. The Morgan fingerprint density at radius 1 is 1.36 bits per heavy atom. The minimum atomic E-state index is -0.670. The molecule has 2 aromatic rings. The highest BCUT2D eigenvalue weighted by atomic mass is 35.5. The molecule has 0 amide bonds. The fourth-order valence-corrected chi connectivity index (χ4v) is 2.15. The van der Waals surface area contributed by atoms with Crippen LogP contribution in [0.25, 0.3) is 0 Å². The summed E-state index contributed by atoms with van der Waals surface area (Å²) in [6.07, 6.45) is 0.934. The van der Waals surface area contributed by atoms with Crippen LogP contribution in [0.5, 0.6) is 0 Å². The van der Waals surface area contributed by atoms with Gasteiger partial charge in [-0.3, -0.25) is 0 Å². The van der Waals surface area contributed by atoms with Crippen molar-refractivity contribution in [2.75, 3.05) is 0 Å². The van der Waals surface area contributed by atoms with Gasteiger partial charge in [0.1, 0.15) is 11.3 Å². The number of hydrogen-bond donors (Lipinski definition) is 1. The van der Waals surface area contributed by atoms with Crippen LogP contribution >= 0.6 is 22.9 Å². The Labute approximate surface area is 90.8 Å². The molecule has 0 radical (unpaired) electrons. The van der Waals surface area contributed by atoms with Crippen molar-refractivity contribution in [1.82, 2.24) is 4.98 Å². The molecule has 0 bridgehead atoms. The number of aromatic nitrogens is 1. The van der Waals surface area contributed by atoms with Crippen molar-refractivity contribution in [2.24, 2.45) is 0 Å². The molecule has 2 aromatic heterocycles. The van der Waals surface area contributed by atoms with E-state index < -0.39 is 6.10 Å². The van der Waals surface area contributed by atoms with Crippen molar-refractivity contribution in [1.29, 1.82) is 0 Å².